The fourth-order valence-electron chi connectivity index (χ4n) is 1.38. The van der Waals surface area contributed by atoms with E-state index in [-0.39, 0.29) is 35.3 Å². The molecular formula is C10H13F3O3Si. The summed E-state index contributed by atoms with van der Waals surface area (Å²) in [6.07, 6.45) is 0.360. The molecule has 17 heavy (non-hydrogen) atoms. The molecule has 3 nitrogen and oxygen atoms in total. The third-order valence-corrected chi connectivity index (χ3v) is 2.99. The Hall–Kier alpha value is -0.893. The molecule has 0 unspecified atom stereocenters. The molecule has 1 aromatic rings. The number of benzene rings is 1. The lowest BCUT2D eigenvalue weighted by molar-refractivity contribution is -0.295. The molecule has 0 atom stereocenters. The lowest BCUT2D eigenvalue weighted by Gasteiger charge is -2.19. The van der Waals surface area contributed by atoms with Crippen LogP contribution in [-0.4, -0.2) is 26.7 Å². The maximum atomic E-state index is 12.8. The van der Waals surface area contributed by atoms with Crippen LogP contribution in [0.15, 0.2) is 12.1 Å². The van der Waals surface area contributed by atoms with Gasteiger partial charge >= 0.3 is 0 Å². The highest BCUT2D eigenvalue weighted by Gasteiger charge is 2.20. The van der Waals surface area contributed by atoms with Gasteiger partial charge in [0.25, 0.3) is 5.97 Å². The van der Waals surface area contributed by atoms with Crippen LogP contribution in [0.1, 0.15) is 18.4 Å². The van der Waals surface area contributed by atoms with Crippen molar-refractivity contribution in [3.8, 4) is 0 Å². The van der Waals surface area contributed by atoms with Crippen molar-refractivity contribution < 1.29 is 27.8 Å². The lowest BCUT2D eigenvalue weighted by atomic mass is 10.1. The summed E-state index contributed by atoms with van der Waals surface area (Å²) in [4.78, 5) is 0. The van der Waals surface area contributed by atoms with Gasteiger partial charge in [-0.2, -0.15) is 0 Å². The Balaban J connectivity index is 2.59. The summed E-state index contributed by atoms with van der Waals surface area (Å²) in [5, 5.41) is 18.2. The number of hydrogen-bond donors (Lipinski definition) is 2. The zero-order valence-electron chi connectivity index (χ0n) is 9.21. The van der Waals surface area contributed by atoms with Crippen LogP contribution in [0.25, 0.3) is 0 Å². The predicted octanol–water partition coefficient (Wildman–Crippen LogP) is 0.362. The number of halogens is 3. The van der Waals surface area contributed by atoms with E-state index in [1.807, 2.05) is 0 Å². The van der Waals surface area contributed by atoms with E-state index in [0.717, 1.165) is 12.1 Å². The smallest absolute Gasteiger partial charge is 0.267 e. The lowest BCUT2D eigenvalue weighted by Crippen LogP contribution is -2.30. The van der Waals surface area contributed by atoms with E-state index in [9.17, 15) is 13.2 Å². The number of hydrogen-bond acceptors (Lipinski definition) is 3. The standard InChI is InChI=1S/C10H13F3O3Si/c11-7-4-6(5-8(12)9(7)13)2-1-3-10(14,15)16-17/h4-5,14-15H,1-3H2,17H3. The van der Waals surface area contributed by atoms with Gasteiger partial charge in [-0.1, -0.05) is 0 Å². The van der Waals surface area contributed by atoms with Crippen molar-refractivity contribution >= 4 is 10.5 Å². The van der Waals surface area contributed by atoms with E-state index >= 15 is 0 Å². The second-order valence-electron chi connectivity index (χ2n) is 3.67. The van der Waals surface area contributed by atoms with Crippen LogP contribution in [-0.2, 0) is 10.8 Å². The molecule has 7 heteroatoms. The quantitative estimate of drug-likeness (QED) is 0.460. The molecule has 0 bridgehead atoms. The SMILES string of the molecule is OC(O)(CCCc1cc(F)c(F)c(F)c1)O[SiH3]. The van der Waals surface area contributed by atoms with Crippen LogP contribution in [0, 0.1) is 17.5 Å². The fraction of sp³-hybridized carbons (Fsp3) is 0.400. The van der Waals surface area contributed by atoms with Gasteiger partial charge < -0.3 is 14.6 Å². The van der Waals surface area contributed by atoms with E-state index in [2.05, 4.69) is 4.43 Å². The van der Waals surface area contributed by atoms with E-state index < -0.39 is 23.4 Å². The molecule has 0 saturated carbocycles. The average molecular weight is 266 g/mol. The Morgan fingerprint density at radius 1 is 1.18 bits per heavy atom. The second kappa shape index (κ2) is 5.63. The van der Waals surface area contributed by atoms with Crippen molar-refractivity contribution in [1.29, 1.82) is 0 Å². The van der Waals surface area contributed by atoms with E-state index in [4.69, 9.17) is 10.2 Å². The van der Waals surface area contributed by atoms with E-state index in [0.29, 0.717) is 0 Å². The highest BCUT2D eigenvalue weighted by Crippen LogP contribution is 2.17. The molecule has 0 aliphatic rings. The van der Waals surface area contributed by atoms with Gasteiger partial charge in [0, 0.05) is 6.42 Å². The van der Waals surface area contributed by atoms with Gasteiger partial charge in [0.15, 0.2) is 27.9 Å². The zero-order chi connectivity index (χ0) is 13.1. The van der Waals surface area contributed by atoms with Crippen molar-refractivity contribution in [2.24, 2.45) is 0 Å². The molecule has 0 saturated heterocycles. The van der Waals surface area contributed by atoms with E-state index in [1.165, 1.54) is 0 Å². The topological polar surface area (TPSA) is 49.7 Å². The Bertz CT molecular complexity index is 375. The van der Waals surface area contributed by atoms with Gasteiger partial charge in [0.1, 0.15) is 0 Å². The Kier molecular flexibility index (Phi) is 4.69. The molecule has 96 valence electrons. The predicted molar refractivity (Wildman–Crippen MR) is 57.4 cm³/mol. The Labute approximate surface area is 99.4 Å². The molecule has 0 radical (unpaired) electrons. The molecule has 0 heterocycles. The maximum absolute atomic E-state index is 12.8. The molecular weight excluding hydrogens is 253 g/mol. The number of rotatable bonds is 5. The van der Waals surface area contributed by atoms with Gasteiger partial charge in [-0.25, -0.2) is 13.2 Å². The molecule has 0 aromatic heterocycles. The van der Waals surface area contributed by atoms with Gasteiger partial charge in [0.2, 0.25) is 0 Å². The second-order valence-corrected chi connectivity index (χ2v) is 4.08. The first-order valence-electron chi connectivity index (χ1n) is 4.99. The summed E-state index contributed by atoms with van der Waals surface area (Å²) >= 11 is 0. The molecule has 0 aliphatic heterocycles. The van der Waals surface area contributed by atoms with Crippen molar-refractivity contribution in [1.82, 2.24) is 0 Å². The molecule has 1 rings (SSSR count). The first-order chi connectivity index (χ1) is 7.85. The van der Waals surface area contributed by atoms with Crippen LogP contribution in [0.5, 0.6) is 0 Å². The Morgan fingerprint density at radius 3 is 2.18 bits per heavy atom. The summed E-state index contributed by atoms with van der Waals surface area (Å²) in [6.45, 7) is 0. The summed E-state index contributed by atoms with van der Waals surface area (Å²) in [5.74, 6) is -6.20. The molecule has 0 spiro atoms. The first-order valence-corrected chi connectivity index (χ1v) is 5.80. The molecule has 2 N–H and O–H groups in total. The minimum absolute atomic E-state index is 0.0862. The minimum Gasteiger partial charge on any atom is -0.381 e. The molecule has 0 fully saturated rings. The van der Waals surface area contributed by atoms with Crippen molar-refractivity contribution in [3.05, 3.63) is 35.1 Å². The first kappa shape index (κ1) is 14.2. The van der Waals surface area contributed by atoms with Gasteiger partial charge in [-0.3, -0.25) is 0 Å². The third kappa shape index (κ3) is 4.12. The Morgan fingerprint density at radius 2 is 1.71 bits per heavy atom. The van der Waals surface area contributed by atoms with Crippen LogP contribution in [0.4, 0.5) is 13.2 Å². The highest BCUT2D eigenvalue weighted by atomic mass is 28.2. The van der Waals surface area contributed by atoms with Gasteiger partial charge in [-0.05, 0) is 30.5 Å². The van der Waals surface area contributed by atoms with Crippen LogP contribution >= 0.6 is 0 Å². The molecule has 1 aromatic carbocycles. The summed E-state index contributed by atoms with van der Waals surface area (Å²) in [7, 11) is 0.161. The van der Waals surface area contributed by atoms with Crippen molar-refractivity contribution in [2.75, 3.05) is 0 Å². The van der Waals surface area contributed by atoms with Crippen LogP contribution in [0.3, 0.4) is 0 Å². The fourth-order valence-corrected chi connectivity index (χ4v) is 1.58. The zero-order valence-corrected chi connectivity index (χ0v) is 11.2. The van der Waals surface area contributed by atoms with Crippen LogP contribution in [0.2, 0.25) is 0 Å². The minimum atomic E-state index is -2.19. The van der Waals surface area contributed by atoms with Crippen molar-refractivity contribution in [2.45, 2.75) is 25.2 Å². The summed E-state index contributed by atoms with van der Waals surface area (Å²) in [6, 6.07) is 1.77. The third-order valence-electron chi connectivity index (χ3n) is 2.34. The van der Waals surface area contributed by atoms with Gasteiger partial charge in [0.05, 0.1) is 0 Å². The van der Waals surface area contributed by atoms with Crippen LogP contribution < -0.4 is 0 Å². The summed E-state index contributed by atoms with van der Waals surface area (Å²) in [5.41, 5.74) is 0.255. The molecule has 0 aliphatic carbocycles. The highest BCUT2D eigenvalue weighted by molar-refractivity contribution is 5.98. The number of aliphatic hydroxyl groups is 2. The normalized spacial score (nSPS) is 12.1. The summed E-state index contributed by atoms with van der Waals surface area (Å²) < 4.78 is 42.8. The maximum Gasteiger partial charge on any atom is 0.267 e. The largest absolute Gasteiger partial charge is 0.381 e. The monoisotopic (exact) mass is 266 g/mol. The number of aryl methyl sites for hydroxylation is 1. The van der Waals surface area contributed by atoms with Crippen molar-refractivity contribution in [3.63, 3.8) is 0 Å². The van der Waals surface area contributed by atoms with E-state index in [1.54, 1.807) is 0 Å². The average Bonchev–Trinajstić information content (AvgIpc) is 2.25. The molecule has 0 amide bonds. The van der Waals surface area contributed by atoms with Gasteiger partial charge in [-0.15, -0.1) is 0 Å².